The maximum Gasteiger partial charge on any atom is 0.164 e. The molecule has 0 bridgehead atoms. The van der Waals surface area contributed by atoms with E-state index in [0.29, 0.717) is 0 Å². The lowest BCUT2D eigenvalue weighted by Crippen LogP contribution is -2.27. The Morgan fingerprint density at radius 2 is 1.23 bits per heavy atom. The largest absolute Gasteiger partial charge is 0.497 e. The van der Waals surface area contributed by atoms with Crippen molar-refractivity contribution in [1.82, 2.24) is 4.90 Å². The van der Waals surface area contributed by atoms with Gasteiger partial charge in [-0.1, -0.05) is 53.7 Å². The van der Waals surface area contributed by atoms with Crippen molar-refractivity contribution in [2.75, 3.05) is 20.5 Å². The first-order valence-corrected chi connectivity index (χ1v) is 11.0. The van der Waals surface area contributed by atoms with Crippen LogP contribution in [0.3, 0.4) is 0 Å². The molecular weight excluding hydrogens is 519 g/mol. The summed E-state index contributed by atoms with van der Waals surface area (Å²) in [5.41, 5.74) is 4.59. The van der Waals surface area contributed by atoms with Crippen molar-refractivity contribution in [2.45, 2.75) is 20.0 Å². The second-order valence-electron chi connectivity index (χ2n) is 6.99. The monoisotopic (exact) mass is 548 g/mol. The van der Waals surface area contributed by atoms with E-state index in [-0.39, 0.29) is 24.0 Å². The van der Waals surface area contributed by atoms with Gasteiger partial charge in [-0.3, -0.25) is 0 Å². The highest BCUT2D eigenvalue weighted by atomic mass is 127. The first-order chi connectivity index (χ1) is 14.6. The molecule has 3 aromatic rings. The number of benzene rings is 3. The molecule has 0 atom stereocenters. The number of hydrogen-bond donors (Lipinski definition) is 0. The van der Waals surface area contributed by atoms with E-state index >= 15 is 0 Å². The van der Waals surface area contributed by atoms with E-state index in [9.17, 15) is 0 Å². The van der Waals surface area contributed by atoms with Gasteiger partial charge in [-0.05, 0) is 60.7 Å². The molecule has 0 unspecified atom stereocenters. The normalized spacial score (nSPS) is 10.9. The van der Waals surface area contributed by atoms with Crippen molar-refractivity contribution >= 4 is 46.6 Å². The van der Waals surface area contributed by atoms with Gasteiger partial charge in [-0.15, -0.1) is 24.0 Å². The maximum absolute atomic E-state index is 5.30. The number of rotatable bonds is 7. The molecule has 0 fully saturated rings. The molecule has 31 heavy (non-hydrogen) atoms. The lowest BCUT2D eigenvalue weighted by Gasteiger charge is -2.26. The first-order valence-electron chi connectivity index (χ1n) is 9.81. The summed E-state index contributed by atoms with van der Waals surface area (Å²) in [6.45, 7) is 3.59. The topological polar surface area (TPSA) is 34.1 Å². The van der Waals surface area contributed by atoms with Gasteiger partial charge in [-0.2, -0.15) is 0 Å². The quantitative estimate of drug-likeness (QED) is 0.187. The van der Waals surface area contributed by atoms with E-state index in [1.807, 2.05) is 24.3 Å². The molecule has 6 heteroatoms. The van der Waals surface area contributed by atoms with E-state index < -0.39 is 0 Å². The number of hydrogen-bond acceptors (Lipinski definition) is 4. The molecule has 164 valence electrons. The van der Waals surface area contributed by atoms with Crippen LogP contribution in [0.4, 0.5) is 5.69 Å². The van der Waals surface area contributed by atoms with E-state index in [2.05, 4.69) is 66.6 Å². The van der Waals surface area contributed by atoms with Crippen molar-refractivity contribution < 1.29 is 9.47 Å². The molecule has 0 saturated carbocycles. The third-order valence-electron chi connectivity index (χ3n) is 4.78. The van der Waals surface area contributed by atoms with Crippen LogP contribution in [0.15, 0.2) is 77.8 Å². The fourth-order valence-electron chi connectivity index (χ4n) is 3.07. The molecule has 0 heterocycles. The molecule has 0 aliphatic carbocycles. The van der Waals surface area contributed by atoms with Crippen LogP contribution in [-0.4, -0.2) is 30.5 Å². The molecule has 0 radical (unpaired) electrons. The lowest BCUT2D eigenvalue weighted by molar-refractivity contribution is 0.405. The Morgan fingerprint density at radius 1 is 0.774 bits per heavy atom. The number of amidine groups is 1. The van der Waals surface area contributed by atoms with Gasteiger partial charge < -0.3 is 14.4 Å². The Balaban J connectivity index is 0.00000341. The Hall–Kier alpha value is -2.19. The van der Waals surface area contributed by atoms with Crippen molar-refractivity contribution in [3.05, 3.63) is 89.5 Å². The first kappa shape index (κ1) is 25.1. The SMILES string of the molecule is COc1ccc(CN(Cc2ccc(OC)cc2)C(=Nc2ccc(C)cc2)SC)cc1.I. The van der Waals surface area contributed by atoms with Crippen molar-refractivity contribution in [3.8, 4) is 11.5 Å². The summed E-state index contributed by atoms with van der Waals surface area (Å²) < 4.78 is 10.6. The number of aryl methyl sites for hydroxylation is 1. The summed E-state index contributed by atoms with van der Waals surface area (Å²) in [4.78, 5) is 7.23. The predicted molar refractivity (Wildman–Crippen MR) is 142 cm³/mol. The fourth-order valence-corrected chi connectivity index (χ4v) is 3.65. The number of nitrogens with zero attached hydrogens (tertiary/aromatic N) is 2. The molecule has 0 N–H and O–H groups in total. The standard InChI is InChI=1S/C25H28N2O2S.HI/c1-19-5-11-22(12-6-19)26-25(30-4)27(17-20-7-13-23(28-2)14-8-20)18-21-9-15-24(29-3)16-10-21;/h5-16H,17-18H2,1-4H3;1H. The molecule has 4 nitrogen and oxygen atoms in total. The van der Waals surface area contributed by atoms with Gasteiger partial charge in [0, 0.05) is 13.1 Å². The number of thioether (sulfide) groups is 1. The van der Waals surface area contributed by atoms with Gasteiger partial charge in [0.05, 0.1) is 19.9 Å². The van der Waals surface area contributed by atoms with Crippen molar-refractivity contribution in [1.29, 1.82) is 0 Å². The van der Waals surface area contributed by atoms with Crippen LogP contribution >= 0.6 is 35.7 Å². The molecule has 0 aliphatic heterocycles. The van der Waals surface area contributed by atoms with Crippen LogP contribution in [0.2, 0.25) is 0 Å². The maximum atomic E-state index is 5.30. The van der Waals surface area contributed by atoms with Gasteiger partial charge in [0.1, 0.15) is 11.5 Å². The zero-order valence-electron chi connectivity index (χ0n) is 18.4. The molecule has 0 saturated heterocycles. The van der Waals surface area contributed by atoms with Gasteiger partial charge in [0.2, 0.25) is 0 Å². The van der Waals surface area contributed by atoms with Gasteiger partial charge in [-0.25, -0.2) is 4.99 Å². The van der Waals surface area contributed by atoms with Crippen LogP contribution in [0, 0.1) is 6.92 Å². The minimum Gasteiger partial charge on any atom is -0.497 e. The summed E-state index contributed by atoms with van der Waals surface area (Å²) in [6, 6.07) is 24.7. The van der Waals surface area contributed by atoms with E-state index in [4.69, 9.17) is 14.5 Å². The minimum atomic E-state index is 0. The summed E-state index contributed by atoms with van der Waals surface area (Å²) in [5, 5.41) is 0.977. The number of halogens is 1. The number of aliphatic imine (C=N–C) groups is 1. The highest BCUT2D eigenvalue weighted by Crippen LogP contribution is 2.22. The summed E-state index contributed by atoms with van der Waals surface area (Å²) in [6.07, 6.45) is 2.07. The van der Waals surface area contributed by atoms with Crippen LogP contribution in [-0.2, 0) is 13.1 Å². The van der Waals surface area contributed by atoms with Crippen molar-refractivity contribution in [3.63, 3.8) is 0 Å². The molecular formula is C25H29IN2O2S. The zero-order valence-corrected chi connectivity index (χ0v) is 21.5. The Morgan fingerprint density at radius 3 is 1.61 bits per heavy atom. The van der Waals surface area contributed by atoms with Gasteiger partial charge in [0.25, 0.3) is 0 Å². The predicted octanol–water partition coefficient (Wildman–Crippen LogP) is 6.68. The van der Waals surface area contributed by atoms with Crippen LogP contribution in [0.25, 0.3) is 0 Å². The zero-order chi connectivity index (χ0) is 21.3. The molecule has 0 spiro atoms. The van der Waals surface area contributed by atoms with E-state index in [1.165, 1.54) is 16.7 Å². The van der Waals surface area contributed by atoms with Crippen molar-refractivity contribution in [2.24, 2.45) is 4.99 Å². The number of methoxy groups -OCH3 is 2. The molecule has 3 rings (SSSR count). The van der Waals surface area contributed by atoms with Crippen LogP contribution in [0.1, 0.15) is 16.7 Å². The van der Waals surface area contributed by atoms with Gasteiger partial charge >= 0.3 is 0 Å². The summed E-state index contributed by atoms with van der Waals surface area (Å²) >= 11 is 1.66. The highest BCUT2D eigenvalue weighted by Gasteiger charge is 2.13. The number of ether oxygens (including phenoxy) is 2. The van der Waals surface area contributed by atoms with E-state index in [1.54, 1.807) is 26.0 Å². The summed E-state index contributed by atoms with van der Waals surface area (Å²) in [7, 11) is 3.37. The van der Waals surface area contributed by atoms with Gasteiger partial charge in [0.15, 0.2) is 5.17 Å². The lowest BCUT2D eigenvalue weighted by atomic mass is 10.1. The second kappa shape index (κ2) is 12.6. The average Bonchev–Trinajstić information content (AvgIpc) is 2.79. The smallest absolute Gasteiger partial charge is 0.164 e. The Bertz CT molecular complexity index is 909. The Kier molecular flexibility index (Phi) is 10.2. The van der Waals surface area contributed by atoms with Crippen LogP contribution in [0.5, 0.6) is 11.5 Å². The molecule has 0 amide bonds. The third kappa shape index (κ3) is 7.47. The average molecular weight is 548 g/mol. The van der Waals surface area contributed by atoms with E-state index in [0.717, 1.165) is 35.4 Å². The molecule has 0 aromatic heterocycles. The minimum absolute atomic E-state index is 0. The second-order valence-corrected chi connectivity index (χ2v) is 7.76. The fraction of sp³-hybridized carbons (Fsp3) is 0.240. The molecule has 0 aliphatic rings. The summed E-state index contributed by atoms with van der Waals surface area (Å²) in [5.74, 6) is 1.72. The highest BCUT2D eigenvalue weighted by molar-refractivity contribution is 14.0. The molecule has 3 aromatic carbocycles. The van der Waals surface area contributed by atoms with Crippen LogP contribution < -0.4 is 9.47 Å². The Labute approximate surface area is 206 Å². The third-order valence-corrected chi connectivity index (χ3v) is 5.49.